The van der Waals surface area contributed by atoms with Gasteiger partial charge in [-0.15, -0.1) is 0 Å². The summed E-state index contributed by atoms with van der Waals surface area (Å²) in [6.45, 7) is 4.19. The molecule has 0 N–H and O–H groups in total. The lowest BCUT2D eigenvalue weighted by Gasteiger charge is -2.08. The molecule has 0 heterocycles. The van der Waals surface area contributed by atoms with Crippen molar-refractivity contribution >= 4 is 0 Å². The molecule has 0 unspecified atom stereocenters. The third kappa shape index (κ3) is 3.06. The highest BCUT2D eigenvalue weighted by atomic mass is 19.1. The van der Waals surface area contributed by atoms with Crippen LogP contribution in [0.3, 0.4) is 0 Å². The summed E-state index contributed by atoms with van der Waals surface area (Å²) in [6.07, 6.45) is 0. The Morgan fingerprint density at radius 1 is 0.833 bits per heavy atom. The molecule has 0 fully saturated rings. The molecule has 0 bridgehead atoms. The highest BCUT2D eigenvalue weighted by Gasteiger charge is 2.04. The predicted octanol–water partition coefficient (Wildman–Crippen LogP) is 4.88. The summed E-state index contributed by atoms with van der Waals surface area (Å²) in [5, 5.41) is 0. The van der Waals surface area contributed by atoms with Crippen molar-refractivity contribution in [2.24, 2.45) is 0 Å². The highest BCUT2D eigenvalue weighted by Crippen LogP contribution is 2.25. The zero-order valence-electron chi connectivity index (χ0n) is 10.3. The number of ether oxygens (including phenoxy) is 1. The van der Waals surface area contributed by atoms with E-state index in [1.54, 1.807) is 12.1 Å². The van der Waals surface area contributed by atoms with Gasteiger partial charge in [-0.2, -0.15) is 0 Å². The average molecular weight is 248 g/mol. The zero-order chi connectivity index (χ0) is 13.1. The van der Waals surface area contributed by atoms with E-state index < -0.39 is 11.6 Å². The Kier molecular flexibility index (Phi) is 3.60. The fourth-order valence-electron chi connectivity index (χ4n) is 1.64. The first kappa shape index (κ1) is 12.6. The van der Waals surface area contributed by atoms with Crippen molar-refractivity contribution in [3.8, 4) is 11.5 Å². The van der Waals surface area contributed by atoms with Gasteiger partial charge in [-0.05, 0) is 23.6 Å². The van der Waals surface area contributed by atoms with E-state index in [0.717, 1.165) is 18.2 Å². The summed E-state index contributed by atoms with van der Waals surface area (Å²) in [6, 6.07) is 10.6. The molecular formula is C15H14F2O. The van der Waals surface area contributed by atoms with Crippen LogP contribution >= 0.6 is 0 Å². The molecule has 1 nitrogen and oxygen atoms in total. The summed E-state index contributed by atoms with van der Waals surface area (Å²) >= 11 is 0. The monoisotopic (exact) mass is 248 g/mol. The van der Waals surface area contributed by atoms with Crippen LogP contribution in [0.15, 0.2) is 42.5 Å². The maximum atomic E-state index is 13.0. The van der Waals surface area contributed by atoms with Crippen molar-refractivity contribution in [1.29, 1.82) is 0 Å². The van der Waals surface area contributed by atoms with Gasteiger partial charge in [0.15, 0.2) is 0 Å². The third-order valence-electron chi connectivity index (χ3n) is 2.62. The van der Waals surface area contributed by atoms with Crippen molar-refractivity contribution in [1.82, 2.24) is 0 Å². The molecule has 0 saturated heterocycles. The Bertz CT molecular complexity index is 512. The summed E-state index contributed by atoms with van der Waals surface area (Å²) in [5.74, 6) is -0.146. The van der Waals surface area contributed by atoms with Crippen LogP contribution in [-0.4, -0.2) is 0 Å². The SMILES string of the molecule is CC(C)c1ccc(Oc2cc(F)cc(F)c2)cc1. The van der Waals surface area contributed by atoms with Crippen LogP contribution in [0.1, 0.15) is 25.3 Å². The van der Waals surface area contributed by atoms with Crippen LogP contribution in [0.25, 0.3) is 0 Å². The van der Waals surface area contributed by atoms with Crippen molar-refractivity contribution in [3.05, 3.63) is 59.7 Å². The molecule has 0 aliphatic heterocycles. The normalized spacial score (nSPS) is 10.7. The highest BCUT2D eigenvalue weighted by molar-refractivity contribution is 5.34. The van der Waals surface area contributed by atoms with E-state index in [9.17, 15) is 8.78 Å². The van der Waals surface area contributed by atoms with Gasteiger partial charge in [-0.3, -0.25) is 0 Å². The third-order valence-corrected chi connectivity index (χ3v) is 2.62. The largest absolute Gasteiger partial charge is 0.457 e. The topological polar surface area (TPSA) is 9.23 Å². The molecule has 2 aromatic rings. The van der Waals surface area contributed by atoms with E-state index in [0.29, 0.717) is 11.7 Å². The lowest BCUT2D eigenvalue weighted by Crippen LogP contribution is -1.89. The molecule has 94 valence electrons. The van der Waals surface area contributed by atoms with Gasteiger partial charge in [0, 0.05) is 18.2 Å². The Hall–Kier alpha value is -1.90. The van der Waals surface area contributed by atoms with Gasteiger partial charge >= 0.3 is 0 Å². The van der Waals surface area contributed by atoms with E-state index >= 15 is 0 Å². The Morgan fingerprint density at radius 2 is 1.39 bits per heavy atom. The number of hydrogen-bond acceptors (Lipinski definition) is 1. The molecule has 3 heteroatoms. The molecular weight excluding hydrogens is 234 g/mol. The standard InChI is InChI=1S/C15H14F2O/c1-10(2)11-3-5-14(6-4-11)18-15-8-12(16)7-13(17)9-15/h3-10H,1-2H3. The molecule has 0 amide bonds. The van der Waals surface area contributed by atoms with Gasteiger partial charge in [0.25, 0.3) is 0 Å². The number of hydrogen-bond donors (Lipinski definition) is 0. The quantitative estimate of drug-likeness (QED) is 0.752. The Morgan fingerprint density at radius 3 is 1.89 bits per heavy atom. The van der Waals surface area contributed by atoms with Gasteiger partial charge in [-0.1, -0.05) is 26.0 Å². The van der Waals surface area contributed by atoms with E-state index in [1.165, 1.54) is 5.56 Å². The number of halogens is 2. The van der Waals surface area contributed by atoms with Crippen LogP contribution < -0.4 is 4.74 Å². The van der Waals surface area contributed by atoms with Crippen molar-refractivity contribution in [2.75, 3.05) is 0 Å². The molecule has 0 spiro atoms. The Labute approximate surface area is 105 Å². The molecule has 0 aliphatic rings. The van der Waals surface area contributed by atoms with Crippen LogP contribution in [0, 0.1) is 11.6 Å². The number of rotatable bonds is 3. The van der Waals surface area contributed by atoms with Crippen LogP contribution in [-0.2, 0) is 0 Å². The lowest BCUT2D eigenvalue weighted by molar-refractivity contribution is 0.468. The van der Waals surface area contributed by atoms with Crippen molar-refractivity contribution in [2.45, 2.75) is 19.8 Å². The average Bonchev–Trinajstić information content (AvgIpc) is 2.28. The molecule has 18 heavy (non-hydrogen) atoms. The van der Waals surface area contributed by atoms with E-state index in [2.05, 4.69) is 13.8 Å². The molecule has 0 saturated carbocycles. The molecule has 2 aromatic carbocycles. The molecule has 2 rings (SSSR count). The minimum atomic E-state index is -0.649. The predicted molar refractivity (Wildman–Crippen MR) is 67.0 cm³/mol. The van der Waals surface area contributed by atoms with Crippen LogP contribution in [0.4, 0.5) is 8.78 Å². The summed E-state index contributed by atoms with van der Waals surface area (Å²) < 4.78 is 31.4. The van der Waals surface area contributed by atoms with Crippen molar-refractivity contribution < 1.29 is 13.5 Å². The fourth-order valence-corrected chi connectivity index (χ4v) is 1.64. The molecule has 0 aliphatic carbocycles. The summed E-state index contributed by atoms with van der Waals surface area (Å²) in [5.41, 5.74) is 1.19. The van der Waals surface area contributed by atoms with E-state index in [4.69, 9.17) is 4.74 Å². The second-order valence-electron chi connectivity index (χ2n) is 4.43. The first-order valence-corrected chi connectivity index (χ1v) is 5.78. The van der Waals surface area contributed by atoms with Gasteiger partial charge in [0.1, 0.15) is 23.1 Å². The van der Waals surface area contributed by atoms with E-state index in [-0.39, 0.29) is 5.75 Å². The maximum Gasteiger partial charge on any atom is 0.133 e. The van der Waals surface area contributed by atoms with Crippen LogP contribution in [0.2, 0.25) is 0 Å². The maximum absolute atomic E-state index is 13.0. The van der Waals surface area contributed by atoms with Gasteiger partial charge in [0.05, 0.1) is 0 Å². The second kappa shape index (κ2) is 5.17. The molecule has 0 radical (unpaired) electrons. The molecule has 0 atom stereocenters. The van der Waals surface area contributed by atoms with Crippen molar-refractivity contribution in [3.63, 3.8) is 0 Å². The first-order chi connectivity index (χ1) is 8.54. The fraction of sp³-hybridized carbons (Fsp3) is 0.200. The first-order valence-electron chi connectivity index (χ1n) is 5.78. The van der Waals surface area contributed by atoms with E-state index in [1.807, 2.05) is 12.1 Å². The summed E-state index contributed by atoms with van der Waals surface area (Å²) in [7, 11) is 0. The minimum absolute atomic E-state index is 0.157. The lowest BCUT2D eigenvalue weighted by atomic mass is 10.0. The van der Waals surface area contributed by atoms with Gasteiger partial charge < -0.3 is 4.74 Å². The smallest absolute Gasteiger partial charge is 0.133 e. The van der Waals surface area contributed by atoms with Gasteiger partial charge in [-0.25, -0.2) is 8.78 Å². The minimum Gasteiger partial charge on any atom is -0.457 e. The summed E-state index contributed by atoms with van der Waals surface area (Å²) in [4.78, 5) is 0. The van der Waals surface area contributed by atoms with Crippen LogP contribution in [0.5, 0.6) is 11.5 Å². The van der Waals surface area contributed by atoms with Gasteiger partial charge in [0.2, 0.25) is 0 Å². The number of benzene rings is 2. The molecule has 0 aromatic heterocycles. The zero-order valence-corrected chi connectivity index (χ0v) is 10.3. The Balaban J connectivity index is 2.18. The second-order valence-corrected chi connectivity index (χ2v) is 4.43.